The predicted molar refractivity (Wildman–Crippen MR) is 122 cm³/mol. The predicted octanol–water partition coefficient (Wildman–Crippen LogP) is 6.10. The van der Waals surface area contributed by atoms with Crippen molar-refractivity contribution >= 4 is 28.6 Å². The van der Waals surface area contributed by atoms with Crippen molar-refractivity contribution < 1.29 is 9.59 Å². The second-order valence-electron chi connectivity index (χ2n) is 6.97. The van der Waals surface area contributed by atoms with E-state index in [1.165, 1.54) is 0 Å². The molecule has 148 valence electrons. The summed E-state index contributed by atoms with van der Waals surface area (Å²) in [4.78, 5) is 26.9. The highest BCUT2D eigenvalue weighted by atomic mass is 16.1. The van der Waals surface area contributed by atoms with Crippen LogP contribution in [0, 0.1) is 0 Å². The molecule has 0 bridgehead atoms. The van der Waals surface area contributed by atoms with E-state index in [1.54, 1.807) is 24.3 Å². The molecule has 0 spiro atoms. The SMILES string of the molecule is C/C=C\C(=C/C)Nc1ccc(Nc2ccccc2)c2c1C(=O)c1ccccc1C2=O. The maximum absolute atomic E-state index is 13.4. The minimum atomic E-state index is -0.157. The standard InChI is InChI=1S/C26H22N2O2/c1-3-10-17(4-2)27-21-15-16-22(28-18-11-6-5-7-12-18)24-23(21)25(29)19-13-8-9-14-20(19)26(24)30/h3-16,27-28H,1-2H3/b10-3-,17-4+. The van der Waals surface area contributed by atoms with Crippen LogP contribution in [0.3, 0.4) is 0 Å². The van der Waals surface area contributed by atoms with Gasteiger partial charge in [0.05, 0.1) is 22.5 Å². The molecule has 0 aliphatic heterocycles. The van der Waals surface area contributed by atoms with E-state index in [0.29, 0.717) is 33.6 Å². The maximum Gasteiger partial charge on any atom is 0.196 e. The molecule has 0 fully saturated rings. The summed E-state index contributed by atoms with van der Waals surface area (Å²) in [5.74, 6) is -0.314. The minimum absolute atomic E-state index is 0.157. The molecule has 4 heteroatoms. The number of carbonyl (C=O) groups is 2. The van der Waals surface area contributed by atoms with E-state index in [-0.39, 0.29) is 11.6 Å². The van der Waals surface area contributed by atoms with E-state index in [1.807, 2.05) is 74.5 Å². The lowest BCUT2D eigenvalue weighted by atomic mass is 9.82. The second-order valence-corrected chi connectivity index (χ2v) is 6.97. The number of fused-ring (bicyclic) bond motifs is 2. The van der Waals surface area contributed by atoms with Gasteiger partial charge in [-0.1, -0.05) is 54.6 Å². The molecule has 0 aromatic heterocycles. The van der Waals surface area contributed by atoms with Gasteiger partial charge in [-0.15, -0.1) is 0 Å². The van der Waals surface area contributed by atoms with Crippen LogP contribution in [-0.4, -0.2) is 11.6 Å². The maximum atomic E-state index is 13.4. The lowest BCUT2D eigenvalue weighted by Gasteiger charge is -2.24. The van der Waals surface area contributed by atoms with Crippen molar-refractivity contribution in [1.82, 2.24) is 0 Å². The first-order valence-electron chi connectivity index (χ1n) is 9.87. The Morgan fingerprint density at radius 1 is 0.733 bits per heavy atom. The van der Waals surface area contributed by atoms with Crippen molar-refractivity contribution in [3.8, 4) is 0 Å². The van der Waals surface area contributed by atoms with E-state index in [2.05, 4.69) is 10.6 Å². The first-order valence-corrected chi connectivity index (χ1v) is 9.87. The van der Waals surface area contributed by atoms with Crippen molar-refractivity contribution in [2.75, 3.05) is 10.6 Å². The lowest BCUT2D eigenvalue weighted by Crippen LogP contribution is -2.23. The Morgan fingerprint density at radius 2 is 1.30 bits per heavy atom. The number of para-hydroxylation sites is 1. The van der Waals surface area contributed by atoms with E-state index < -0.39 is 0 Å². The van der Waals surface area contributed by atoms with Crippen molar-refractivity contribution in [2.24, 2.45) is 0 Å². The van der Waals surface area contributed by atoms with Gasteiger partial charge in [-0.2, -0.15) is 0 Å². The number of ketones is 2. The normalized spacial score (nSPS) is 13.2. The summed E-state index contributed by atoms with van der Waals surface area (Å²) in [7, 11) is 0. The third-order valence-electron chi connectivity index (χ3n) is 5.06. The fourth-order valence-electron chi connectivity index (χ4n) is 3.65. The van der Waals surface area contributed by atoms with Gasteiger partial charge in [0.25, 0.3) is 0 Å². The summed E-state index contributed by atoms with van der Waals surface area (Å²) >= 11 is 0. The van der Waals surface area contributed by atoms with Crippen molar-refractivity contribution in [1.29, 1.82) is 0 Å². The zero-order valence-electron chi connectivity index (χ0n) is 16.9. The fourth-order valence-corrected chi connectivity index (χ4v) is 3.65. The summed E-state index contributed by atoms with van der Waals surface area (Å²) in [6.45, 7) is 3.85. The molecule has 0 heterocycles. The average Bonchev–Trinajstić information content (AvgIpc) is 2.78. The molecule has 4 rings (SSSR count). The number of nitrogens with one attached hydrogen (secondary N) is 2. The number of carbonyl (C=O) groups excluding carboxylic acids is 2. The van der Waals surface area contributed by atoms with Crippen molar-refractivity contribution in [3.63, 3.8) is 0 Å². The molecule has 2 N–H and O–H groups in total. The lowest BCUT2D eigenvalue weighted by molar-refractivity contribution is 0.0980. The monoisotopic (exact) mass is 394 g/mol. The number of hydrogen-bond donors (Lipinski definition) is 2. The zero-order valence-corrected chi connectivity index (χ0v) is 16.9. The van der Waals surface area contributed by atoms with Crippen LogP contribution < -0.4 is 10.6 Å². The van der Waals surface area contributed by atoms with Gasteiger partial charge in [0.2, 0.25) is 0 Å². The quantitative estimate of drug-likeness (QED) is 0.402. The Kier molecular flexibility index (Phi) is 5.31. The van der Waals surface area contributed by atoms with Gasteiger partial charge in [-0.05, 0) is 44.2 Å². The number of benzene rings is 3. The zero-order chi connectivity index (χ0) is 21.1. The van der Waals surface area contributed by atoms with Gasteiger partial charge >= 0.3 is 0 Å². The number of allylic oxidation sites excluding steroid dienone is 3. The van der Waals surface area contributed by atoms with Gasteiger partial charge in [0.1, 0.15) is 0 Å². The summed E-state index contributed by atoms with van der Waals surface area (Å²) in [6, 6.07) is 20.3. The molecule has 0 radical (unpaired) electrons. The van der Waals surface area contributed by atoms with Gasteiger partial charge in [-0.3, -0.25) is 9.59 Å². The average molecular weight is 394 g/mol. The summed E-state index contributed by atoms with van der Waals surface area (Å²) < 4.78 is 0. The smallest absolute Gasteiger partial charge is 0.196 e. The van der Waals surface area contributed by atoms with Crippen LogP contribution in [0.5, 0.6) is 0 Å². The van der Waals surface area contributed by atoms with Crippen LogP contribution in [0.2, 0.25) is 0 Å². The van der Waals surface area contributed by atoms with Gasteiger partial charge in [-0.25, -0.2) is 0 Å². The summed E-state index contributed by atoms with van der Waals surface area (Å²) in [6.07, 6.45) is 5.76. The molecule has 4 nitrogen and oxygen atoms in total. The van der Waals surface area contributed by atoms with Crippen LogP contribution in [0.25, 0.3) is 0 Å². The van der Waals surface area contributed by atoms with Crippen LogP contribution in [0.15, 0.2) is 90.7 Å². The molecule has 1 aliphatic rings. The highest BCUT2D eigenvalue weighted by Gasteiger charge is 2.33. The van der Waals surface area contributed by atoms with E-state index in [0.717, 1.165) is 11.4 Å². The number of rotatable bonds is 5. The molecule has 0 saturated carbocycles. The second kappa shape index (κ2) is 8.21. The van der Waals surface area contributed by atoms with E-state index >= 15 is 0 Å². The largest absolute Gasteiger partial charge is 0.355 e. The van der Waals surface area contributed by atoms with E-state index in [4.69, 9.17) is 0 Å². The Balaban J connectivity index is 1.90. The molecular formula is C26H22N2O2. The van der Waals surface area contributed by atoms with Gasteiger partial charge < -0.3 is 10.6 Å². The fraction of sp³-hybridized carbons (Fsp3) is 0.0769. The number of anilines is 3. The minimum Gasteiger partial charge on any atom is -0.355 e. The highest BCUT2D eigenvalue weighted by Crippen LogP contribution is 2.38. The summed E-state index contributed by atoms with van der Waals surface area (Å²) in [5, 5.41) is 6.61. The molecule has 3 aromatic rings. The van der Waals surface area contributed by atoms with Gasteiger partial charge in [0, 0.05) is 22.5 Å². The highest BCUT2D eigenvalue weighted by molar-refractivity contribution is 6.32. The van der Waals surface area contributed by atoms with Crippen molar-refractivity contribution in [3.05, 3.63) is 113 Å². The Bertz CT molecular complexity index is 1190. The molecule has 30 heavy (non-hydrogen) atoms. The topological polar surface area (TPSA) is 58.2 Å². The van der Waals surface area contributed by atoms with Crippen LogP contribution in [0.1, 0.15) is 45.7 Å². The Morgan fingerprint density at radius 3 is 1.90 bits per heavy atom. The Labute approximate surface area is 176 Å². The Hall–Kier alpha value is -3.92. The molecule has 0 saturated heterocycles. The van der Waals surface area contributed by atoms with Crippen molar-refractivity contribution in [2.45, 2.75) is 13.8 Å². The van der Waals surface area contributed by atoms with Crippen LogP contribution in [0.4, 0.5) is 17.1 Å². The summed E-state index contributed by atoms with van der Waals surface area (Å²) in [5.41, 5.74) is 4.58. The third kappa shape index (κ3) is 3.44. The molecule has 0 unspecified atom stereocenters. The molecule has 0 amide bonds. The van der Waals surface area contributed by atoms with Crippen LogP contribution >= 0.6 is 0 Å². The van der Waals surface area contributed by atoms with Crippen LogP contribution in [-0.2, 0) is 0 Å². The van der Waals surface area contributed by atoms with E-state index in [9.17, 15) is 9.59 Å². The molecule has 1 aliphatic carbocycles. The first-order chi connectivity index (χ1) is 14.6. The number of hydrogen-bond acceptors (Lipinski definition) is 4. The first kappa shape index (κ1) is 19.4. The molecule has 3 aromatic carbocycles. The molecule has 0 atom stereocenters. The third-order valence-corrected chi connectivity index (χ3v) is 5.06. The molecular weight excluding hydrogens is 372 g/mol. The van der Waals surface area contributed by atoms with Gasteiger partial charge in [0.15, 0.2) is 11.6 Å².